The van der Waals surface area contributed by atoms with Gasteiger partial charge in [0.15, 0.2) is 11.7 Å². The van der Waals surface area contributed by atoms with Crippen molar-refractivity contribution in [3.63, 3.8) is 0 Å². The van der Waals surface area contributed by atoms with Crippen molar-refractivity contribution < 1.29 is 4.52 Å². The van der Waals surface area contributed by atoms with Gasteiger partial charge in [0.05, 0.1) is 6.54 Å². The maximum atomic E-state index is 5.36. The molecule has 1 heterocycles. The summed E-state index contributed by atoms with van der Waals surface area (Å²) in [6, 6.07) is 11.9. The number of guanidine groups is 1. The van der Waals surface area contributed by atoms with Gasteiger partial charge in [0.2, 0.25) is 0 Å². The van der Waals surface area contributed by atoms with Gasteiger partial charge in [-0.05, 0) is 5.92 Å². The number of benzene rings is 1. The van der Waals surface area contributed by atoms with Gasteiger partial charge in [-0.3, -0.25) is 4.99 Å². The Labute approximate surface area is 125 Å². The molecule has 0 spiro atoms. The molecule has 0 amide bonds. The first-order valence-corrected chi connectivity index (χ1v) is 7.14. The highest BCUT2D eigenvalue weighted by Crippen LogP contribution is 2.19. The van der Waals surface area contributed by atoms with Crippen molar-refractivity contribution in [3.8, 4) is 11.3 Å². The third-order valence-electron chi connectivity index (χ3n) is 2.96. The first kappa shape index (κ1) is 15.1. The molecule has 0 radical (unpaired) electrons. The lowest BCUT2D eigenvalue weighted by molar-refractivity contribution is 0.422. The molecule has 0 aliphatic carbocycles. The lowest BCUT2D eigenvalue weighted by Gasteiger charge is -2.12. The highest BCUT2D eigenvalue weighted by molar-refractivity contribution is 5.79. The predicted octanol–water partition coefficient (Wildman–Crippen LogP) is 2.66. The average Bonchev–Trinajstić information content (AvgIpc) is 2.97. The van der Waals surface area contributed by atoms with Crippen LogP contribution in [0.25, 0.3) is 11.3 Å². The molecule has 0 fully saturated rings. The molecule has 0 aliphatic heterocycles. The molecule has 2 aromatic rings. The summed E-state index contributed by atoms with van der Waals surface area (Å²) in [7, 11) is 1.76. The molecule has 0 bridgehead atoms. The Bertz CT molecular complexity index is 575. The Balaban J connectivity index is 1.91. The Morgan fingerprint density at radius 1 is 1.24 bits per heavy atom. The number of nitrogens with one attached hydrogen (secondary N) is 2. The molecule has 0 saturated carbocycles. The van der Waals surface area contributed by atoms with Gasteiger partial charge in [0, 0.05) is 25.2 Å². The summed E-state index contributed by atoms with van der Waals surface area (Å²) in [5.41, 5.74) is 1.87. The predicted molar refractivity (Wildman–Crippen MR) is 85.0 cm³/mol. The summed E-state index contributed by atoms with van der Waals surface area (Å²) in [4.78, 5) is 4.18. The summed E-state index contributed by atoms with van der Waals surface area (Å²) >= 11 is 0. The highest BCUT2D eigenvalue weighted by Gasteiger charge is 2.07. The van der Waals surface area contributed by atoms with Gasteiger partial charge in [-0.2, -0.15) is 0 Å². The first-order valence-electron chi connectivity index (χ1n) is 7.14. The quantitative estimate of drug-likeness (QED) is 0.655. The van der Waals surface area contributed by atoms with E-state index in [4.69, 9.17) is 4.52 Å². The van der Waals surface area contributed by atoms with E-state index in [0.717, 1.165) is 29.5 Å². The van der Waals surface area contributed by atoms with Crippen molar-refractivity contribution in [1.82, 2.24) is 15.8 Å². The van der Waals surface area contributed by atoms with Crippen LogP contribution in [-0.2, 0) is 6.54 Å². The van der Waals surface area contributed by atoms with E-state index in [1.165, 1.54) is 0 Å². The van der Waals surface area contributed by atoms with E-state index >= 15 is 0 Å². The van der Waals surface area contributed by atoms with Crippen molar-refractivity contribution in [3.05, 3.63) is 42.1 Å². The van der Waals surface area contributed by atoms with Crippen LogP contribution in [0.2, 0.25) is 0 Å². The van der Waals surface area contributed by atoms with Gasteiger partial charge < -0.3 is 15.2 Å². The molecule has 0 aliphatic rings. The van der Waals surface area contributed by atoms with Gasteiger partial charge in [-0.25, -0.2) is 0 Å². The minimum absolute atomic E-state index is 0.570. The van der Waals surface area contributed by atoms with Gasteiger partial charge in [-0.1, -0.05) is 49.3 Å². The fraction of sp³-hybridized carbons (Fsp3) is 0.375. The summed E-state index contributed by atoms with van der Waals surface area (Å²) < 4.78 is 5.36. The second-order valence-electron chi connectivity index (χ2n) is 5.25. The van der Waals surface area contributed by atoms with Crippen LogP contribution in [-0.4, -0.2) is 24.7 Å². The van der Waals surface area contributed by atoms with Crippen molar-refractivity contribution in [2.45, 2.75) is 20.4 Å². The fourth-order valence-corrected chi connectivity index (χ4v) is 1.83. The summed E-state index contributed by atoms with van der Waals surface area (Å²) in [6.07, 6.45) is 0. The Morgan fingerprint density at radius 2 is 2.00 bits per heavy atom. The van der Waals surface area contributed by atoms with Gasteiger partial charge >= 0.3 is 0 Å². The molecule has 1 aromatic carbocycles. The SMILES string of the molecule is CN=C(NCc1cc(-c2ccccc2)on1)NCC(C)C. The standard InChI is InChI=1S/C16H22N4O/c1-12(2)10-18-16(17-3)19-11-14-9-15(21-20-14)13-7-5-4-6-8-13/h4-9,12H,10-11H2,1-3H3,(H2,17,18,19). The van der Waals surface area contributed by atoms with Gasteiger partial charge in [0.25, 0.3) is 0 Å². The minimum Gasteiger partial charge on any atom is -0.356 e. The van der Waals surface area contributed by atoms with Crippen LogP contribution in [0.15, 0.2) is 45.9 Å². The van der Waals surface area contributed by atoms with E-state index in [0.29, 0.717) is 12.5 Å². The zero-order valence-corrected chi connectivity index (χ0v) is 12.8. The third kappa shape index (κ3) is 4.63. The van der Waals surface area contributed by atoms with Crippen molar-refractivity contribution in [2.24, 2.45) is 10.9 Å². The highest BCUT2D eigenvalue weighted by atomic mass is 16.5. The molecule has 5 heteroatoms. The van der Waals surface area contributed by atoms with Crippen LogP contribution in [0.4, 0.5) is 0 Å². The van der Waals surface area contributed by atoms with E-state index < -0.39 is 0 Å². The normalized spacial score (nSPS) is 11.7. The van der Waals surface area contributed by atoms with Crippen LogP contribution in [0.5, 0.6) is 0 Å². The second-order valence-corrected chi connectivity index (χ2v) is 5.25. The molecule has 0 saturated heterocycles. The Hall–Kier alpha value is -2.30. The monoisotopic (exact) mass is 286 g/mol. The van der Waals surface area contributed by atoms with E-state index in [9.17, 15) is 0 Å². The lowest BCUT2D eigenvalue weighted by atomic mass is 10.2. The van der Waals surface area contributed by atoms with Gasteiger partial charge in [0.1, 0.15) is 5.69 Å². The number of hydrogen-bond donors (Lipinski definition) is 2. The van der Waals surface area contributed by atoms with Crippen LogP contribution in [0.3, 0.4) is 0 Å². The lowest BCUT2D eigenvalue weighted by Crippen LogP contribution is -2.38. The van der Waals surface area contributed by atoms with Crippen molar-refractivity contribution in [2.75, 3.05) is 13.6 Å². The summed E-state index contributed by atoms with van der Waals surface area (Å²) in [6.45, 7) is 5.77. The zero-order valence-electron chi connectivity index (χ0n) is 12.8. The first-order chi connectivity index (χ1) is 10.2. The summed E-state index contributed by atoms with van der Waals surface area (Å²) in [5, 5.41) is 10.6. The van der Waals surface area contributed by atoms with Crippen molar-refractivity contribution >= 4 is 5.96 Å². The Kier molecular flexibility index (Phi) is 5.37. The second kappa shape index (κ2) is 7.47. The van der Waals surface area contributed by atoms with Crippen LogP contribution >= 0.6 is 0 Å². The molecule has 0 unspecified atom stereocenters. The molecular formula is C16H22N4O. The van der Waals surface area contributed by atoms with Crippen LogP contribution in [0, 0.1) is 5.92 Å². The van der Waals surface area contributed by atoms with E-state index in [-0.39, 0.29) is 0 Å². The third-order valence-corrected chi connectivity index (χ3v) is 2.96. The van der Waals surface area contributed by atoms with Gasteiger partial charge in [-0.15, -0.1) is 0 Å². The maximum Gasteiger partial charge on any atom is 0.191 e. The van der Waals surface area contributed by atoms with Crippen molar-refractivity contribution in [1.29, 1.82) is 0 Å². The number of hydrogen-bond acceptors (Lipinski definition) is 3. The molecular weight excluding hydrogens is 264 g/mol. The summed E-state index contributed by atoms with van der Waals surface area (Å²) in [5.74, 6) is 2.12. The molecule has 112 valence electrons. The topological polar surface area (TPSA) is 62.5 Å². The van der Waals surface area contributed by atoms with E-state index in [2.05, 4.69) is 34.6 Å². The van der Waals surface area contributed by atoms with E-state index in [1.54, 1.807) is 7.05 Å². The zero-order chi connectivity index (χ0) is 15.1. The molecule has 5 nitrogen and oxygen atoms in total. The molecule has 0 atom stereocenters. The minimum atomic E-state index is 0.570. The number of aliphatic imine (C=N–C) groups is 1. The average molecular weight is 286 g/mol. The van der Waals surface area contributed by atoms with Crippen LogP contribution in [0.1, 0.15) is 19.5 Å². The Morgan fingerprint density at radius 3 is 2.67 bits per heavy atom. The molecule has 2 rings (SSSR count). The number of nitrogens with zero attached hydrogens (tertiary/aromatic N) is 2. The van der Waals surface area contributed by atoms with Crippen LogP contribution < -0.4 is 10.6 Å². The molecule has 2 N–H and O–H groups in total. The fourth-order valence-electron chi connectivity index (χ4n) is 1.83. The number of rotatable bonds is 5. The largest absolute Gasteiger partial charge is 0.356 e. The van der Waals surface area contributed by atoms with E-state index in [1.807, 2.05) is 36.4 Å². The smallest absolute Gasteiger partial charge is 0.191 e. The molecule has 21 heavy (non-hydrogen) atoms. The maximum absolute atomic E-state index is 5.36. The molecule has 1 aromatic heterocycles. The number of aromatic nitrogens is 1.